The third-order valence-electron chi connectivity index (χ3n) is 4.34. The molecule has 0 aliphatic heterocycles. The molecule has 0 radical (unpaired) electrons. The summed E-state index contributed by atoms with van der Waals surface area (Å²) in [4.78, 5) is 13.6. The molecule has 6 nitrogen and oxygen atoms in total. The molecule has 2 heterocycles. The Bertz CT molecular complexity index is 1090. The predicted octanol–water partition coefficient (Wildman–Crippen LogP) is 4.39. The number of benzene rings is 2. The maximum absolute atomic E-state index is 12.7. The van der Waals surface area contributed by atoms with Crippen LogP contribution in [0.2, 0.25) is 0 Å². The minimum atomic E-state index is -0.0991. The van der Waals surface area contributed by atoms with E-state index in [4.69, 9.17) is 4.52 Å². The van der Waals surface area contributed by atoms with E-state index in [2.05, 4.69) is 15.6 Å². The average Bonchev–Trinajstić information content (AvgIpc) is 3.43. The van der Waals surface area contributed by atoms with Crippen molar-refractivity contribution in [2.75, 3.05) is 0 Å². The van der Waals surface area contributed by atoms with Crippen molar-refractivity contribution in [3.05, 3.63) is 95.6 Å². The third kappa shape index (κ3) is 4.75. The SMILES string of the molecule is Cc1cc(CSc2ccccc2C(=O)NCc2ccc(-n3cccn3)cc2)on1. The van der Waals surface area contributed by atoms with Crippen LogP contribution in [0.4, 0.5) is 0 Å². The summed E-state index contributed by atoms with van der Waals surface area (Å²) in [5, 5.41) is 11.1. The van der Waals surface area contributed by atoms with Crippen molar-refractivity contribution in [3.63, 3.8) is 0 Å². The molecule has 1 amide bonds. The predicted molar refractivity (Wildman–Crippen MR) is 112 cm³/mol. The minimum absolute atomic E-state index is 0.0991. The van der Waals surface area contributed by atoms with Crippen LogP contribution < -0.4 is 5.32 Å². The van der Waals surface area contributed by atoms with Gasteiger partial charge in [0.05, 0.1) is 22.7 Å². The van der Waals surface area contributed by atoms with Gasteiger partial charge in [0.2, 0.25) is 0 Å². The van der Waals surface area contributed by atoms with Crippen molar-refractivity contribution in [1.29, 1.82) is 0 Å². The van der Waals surface area contributed by atoms with Crippen LogP contribution in [0.15, 0.2) is 82.5 Å². The Morgan fingerprint density at radius 2 is 1.97 bits per heavy atom. The molecular formula is C22H20N4O2S. The number of aromatic nitrogens is 3. The number of carbonyl (C=O) groups excluding carboxylic acids is 1. The summed E-state index contributed by atoms with van der Waals surface area (Å²) in [5.74, 6) is 1.32. The Labute approximate surface area is 172 Å². The van der Waals surface area contributed by atoms with E-state index in [1.54, 1.807) is 22.6 Å². The molecule has 2 aromatic heterocycles. The fourth-order valence-corrected chi connectivity index (χ4v) is 3.80. The van der Waals surface area contributed by atoms with Gasteiger partial charge < -0.3 is 9.84 Å². The number of thioether (sulfide) groups is 1. The lowest BCUT2D eigenvalue weighted by Gasteiger charge is -2.10. The summed E-state index contributed by atoms with van der Waals surface area (Å²) in [6.07, 6.45) is 3.64. The minimum Gasteiger partial charge on any atom is -0.360 e. The Hall–Kier alpha value is -3.32. The summed E-state index contributed by atoms with van der Waals surface area (Å²) >= 11 is 1.56. The first-order chi connectivity index (χ1) is 14.2. The van der Waals surface area contributed by atoms with Gasteiger partial charge in [0.1, 0.15) is 5.76 Å². The highest BCUT2D eigenvalue weighted by Gasteiger charge is 2.12. The van der Waals surface area contributed by atoms with Crippen LogP contribution in [0.25, 0.3) is 5.69 Å². The molecule has 0 spiro atoms. The van der Waals surface area contributed by atoms with Crippen molar-refractivity contribution in [1.82, 2.24) is 20.3 Å². The molecule has 4 aromatic rings. The molecule has 7 heteroatoms. The van der Waals surface area contributed by atoms with Gasteiger partial charge in [-0.25, -0.2) is 4.68 Å². The van der Waals surface area contributed by atoms with Gasteiger partial charge in [0.15, 0.2) is 0 Å². The second-order valence-corrected chi connectivity index (χ2v) is 7.54. The second-order valence-electron chi connectivity index (χ2n) is 6.52. The van der Waals surface area contributed by atoms with Gasteiger partial charge in [-0.05, 0) is 42.8 Å². The van der Waals surface area contributed by atoms with E-state index in [0.29, 0.717) is 17.9 Å². The molecule has 0 bridgehead atoms. The van der Waals surface area contributed by atoms with Crippen LogP contribution in [-0.2, 0) is 12.3 Å². The Kier molecular flexibility index (Phi) is 5.76. The second kappa shape index (κ2) is 8.79. The fraction of sp³-hybridized carbons (Fsp3) is 0.136. The summed E-state index contributed by atoms with van der Waals surface area (Å²) in [6.45, 7) is 2.35. The lowest BCUT2D eigenvalue weighted by Crippen LogP contribution is -2.23. The molecular weight excluding hydrogens is 384 g/mol. The van der Waals surface area contributed by atoms with Crippen molar-refractivity contribution >= 4 is 17.7 Å². The van der Waals surface area contributed by atoms with Crippen LogP contribution in [0.5, 0.6) is 0 Å². The number of nitrogens with zero attached hydrogens (tertiary/aromatic N) is 3. The quantitative estimate of drug-likeness (QED) is 0.463. The number of carbonyl (C=O) groups is 1. The van der Waals surface area contributed by atoms with Gasteiger partial charge in [-0.15, -0.1) is 11.8 Å². The average molecular weight is 404 g/mol. The fourth-order valence-electron chi connectivity index (χ4n) is 2.88. The summed E-state index contributed by atoms with van der Waals surface area (Å²) in [6, 6.07) is 19.3. The van der Waals surface area contributed by atoms with E-state index in [9.17, 15) is 4.79 Å². The maximum Gasteiger partial charge on any atom is 0.252 e. The molecule has 1 N–H and O–H groups in total. The molecule has 4 rings (SSSR count). The first-order valence-electron chi connectivity index (χ1n) is 9.20. The van der Waals surface area contributed by atoms with Gasteiger partial charge in [0.25, 0.3) is 5.91 Å². The normalized spacial score (nSPS) is 10.8. The number of amides is 1. The standard InChI is InChI=1S/C22H20N4O2S/c1-16-13-19(28-25-16)15-29-21-6-3-2-5-20(21)22(27)23-14-17-7-9-18(10-8-17)26-12-4-11-24-26/h2-13H,14-15H2,1H3,(H,23,27). The maximum atomic E-state index is 12.7. The van der Waals surface area contributed by atoms with E-state index >= 15 is 0 Å². The Balaban J connectivity index is 1.38. The molecule has 0 saturated carbocycles. The largest absolute Gasteiger partial charge is 0.360 e. The molecule has 29 heavy (non-hydrogen) atoms. The first kappa shape index (κ1) is 19.0. The van der Waals surface area contributed by atoms with E-state index in [0.717, 1.165) is 27.6 Å². The smallest absolute Gasteiger partial charge is 0.252 e. The van der Waals surface area contributed by atoms with Crippen LogP contribution in [0, 0.1) is 6.92 Å². The zero-order chi connectivity index (χ0) is 20.1. The van der Waals surface area contributed by atoms with Gasteiger partial charge in [-0.3, -0.25) is 4.79 Å². The zero-order valence-electron chi connectivity index (χ0n) is 15.9. The summed E-state index contributed by atoms with van der Waals surface area (Å²) in [5.41, 5.74) is 3.51. The molecule has 146 valence electrons. The van der Waals surface area contributed by atoms with Crippen LogP contribution in [0.1, 0.15) is 27.4 Å². The Morgan fingerprint density at radius 1 is 1.14 bits per heavy atom. The molecule has 0 fully saturated rings. The lowest BCUT2D eigenvalue weighted by molar-refractivity contribution is 0.0948. The Morgan fingerprint density at radius 3 is 2.69 bits per heavy atom. The molecule has 0 unspecified atom stereocenters. The lowest BCUT2D eigenvalue weighted by atomic mass is 10.2. The molecule has 2 aromatic carbocycles. The van der Waals surface area contributed by atoms with Gasteiger partial charge in [-0.2, -0.15) is 5.10 Å². The van der Waals surface area contributed by atoms with Gasteiger partial charge in [-0.1, -0.05) is 29.4 Å². The number of hydrogen-bond donors (Lipinski definition) is 1. The van der Waals surface area contributed by atoms with Crippen molar-refractivity contribution in [2.24, 2.45) is 0 Å². The van der Waals surface area contributed by atoms with Crippen LogP contribution in [0.3, 0.4) is 0 Å². The number of aryl methyl sites for hydroxylation is 1. The summed E-state index contributed by atoms with van der Waals surface area (Å²) in [7, 11) is 0. The van der Waals surface area contributed by atoms with Gasteiger partial charge >= 0.3 is 0 Å². The van der Waals surface area contributed by atoms with E-state index < -0.39 is 0 Å². The number of hydrogen-bond acceptors (Lipinski definition) is 5. The van der Waals surface area contributed by atoms with Crippen LogP contribution >= 0.6 is 11.8 Å². The number of rotatable bonds is 7. The van der Waals surface area contributed by atoms with E-state index in [1.165, 1.54) is 0 Å². The molecule has 0 saturated heterocycles. The highest BCUT2D eigenvalue weighted by atomic mass is 32.2. The topological polar surface area (TPSA) is 73.0 Å². The monoisotopic (exact) mass is 404 g/mol. The summed E-state index contributed by atoms with van der Waals surface area (Å²) < 4.78 is 7.05. The molecule has 0 aliphatic carbocycles. The van der Waals surface area contributed by atoms with E-state index in [1.807, 2.05) is 73.8 Å². The van der Waals surface area contributed by atoms with Crippen molar-refractivity contribution < 1.29 is 9.32 Å². The zero-order valence-corrected chi connectivity index (χ0v) is 16.7. The van der Waals surface area contributed by atoms with E-state index in [-0.39, 0.29) is 5.91 Å². The third-order valence-corrected chi connectivity index (χ3v) is 5.43. The highest BCUT2D eigenvalue weighted by Crippen LogP contribution is 2.26. The highest BCUT2D eigenvalue weighted by molar-refractivity contribution is 7.98. The van der Waals surface area contributed by atoms with Crippen molar-refractivity contribution in [2.45, 2.75) is 24.1 Å². The number of nitrogens with one attached hydrogen (secondary N) is 1. The van der Waals surface area contributed by atoms with Crippen LogP contribution in [-0.4, -0.2) is 20.8 Å². The van der Waals surface area contributed by atoms with Crippen molar-refractivity contribution in [3.8, 4) is 5.69 Å². The van der Waals surface area contributed by atoms with Gasteiger partial charge in [0, 0.05) is 29.9 Å². The molecule has 0 atom stereocenters. The molecule has 0 aliphatic rings. The first-order valence-corrected chi connectivity index (χ1v) is 10.2.